The summed E-state index contributed by atoms with van der Waals surface area (Å²) in [5, 5.41) is 13.6. The predicted octanol–water partition coefficient (Wildman–Crippen LogP) is 2.33. The van der Waals surface area contributed by atoms with Crippen molar-refractivity contribution in [2.75, 3.05) is 0 Å². The molecule has 4 heteroatoms. The van der Waals surface area contributed by atoms with E-state index < -0.39 is 0 Å². The zero-order valence-corrected chi connectivity index (χ0v) is 11.3. The van der Waals surface area contributed by atoms with Crippen molar-refractivity contribution in [3.63, 3.8) is 0 Å². The van der Waals surface area contributed by atoms with E-state index in [-0.39, 0.29) is 0 Å². The van der Waals surface area contributed by atoms with Gasteiger partial charge in [-0.25, -0.2) is 4.68 Å². The molecule has 98 valence electrons. The van der Waals surface area contributed by atoms with E-state index in [0.717, 1.165) is 35.5 Å². The van der Waals surface area contributed by atoms with Gasteiger partial charge in [-0.15, -0.1) is 0 Å². The quantitative estimate of drug-likeness (QED) is 0.910. The Morgan fingerprint density at radius 3 is 2.68 bits per heavy atom. The molecule has 0 amide bonds. The van der Waals surface area contributed by atoms with Gasteiger partial charge in [0.1, 0.15) is 0 Å². The highest BCUT2D eigenvalue weighted by Gasteiger charge is 2.15. The number of hydrogen-bond donors (Lipinski definition) is 1. The van der Waals surface area contributed by atoms with E-state index in [0.29, 0.717) is 12.1 Å². The topological polar surface area (TPSA) is 67.6 Å². The first-order valence-electron chi connectivity index (χ1n) is 6.55. The van der Waals surface area contributed by atoms with Crippen molar-refractivity contribution >= 4 is 0 Å². The maximum atomic E-state index is 8.99. The van der Waals surface area contributed by atoms with Gasteiger partial charge >= 0.3 is 0 Å². The Morgan fingerprint density at radius 2 is 2.11 bits per heavy atom. The van der Waals surface area contributed by atoms with Gasteiger partial charge in [-0.1, -0.05) is 19.9 Å². The van der Waals surface area contributed by atoms with Gasteiger partial charge in [-0.2, -0.15) is 10.4 Å². The fourth-order valence-corrected chi connectivity index (χ4v) is 2.34. The molecule has 0 aliphatic rings. The van der Waals surface area contributed by atoms with Crippen LogP contribution in [-0.2, 0) is 19.4 Å². The second-order valence-electron chi connectivity index (χ2n) is 4.36. The van der Waals surface area contributed by atoms with Crippen LogP contribution in [0.5, 0.6) is 0 Å². The Bertz CT molecular complexity index is 620. The Hall–Kier alpha value is -2.12. The molecule has 1 aromatic heterocycles. The van der Waals surface area contributed by atoms with E-state index in [9.17, 15) is 0 Å². The molecule has 0 aliphatic heterocycles. The number of aryl methyl sites for hydroxylation is 1. The Kier molecular flexibility index (Phi) is 3.98. The lowest BCUT2D eigenvalue weighted by molar-refractivity contribution is 0.792. The molecule has 2 aromatic rings. The number of rotatable bonds is 4. The SMILES string of the molecule is CCc1nn(-c2cccc(C#N)c2)c(CC)c1CN. The fraction of sp³-hybridized carbons (Fsp3) is 0.333. The summed E-state index contributed by atoms with van der Waals surface area (Å²) in [6.07, 6.45) is 1.74. The zero-order valence-electron chi connectivity index (χ0n) is 11.3. The number of nitriles is 1. The minimum atomic E-state index is 0.504. The van der Waals surface area contributed by atoms with E-state index in [2.05, 4.69) is 25.0 Å². The highest BCUT2D eigenvalue weighted by molar-refractivity contribution is 5.43. The van der Waals surface area contributed by atoms with Crippen LogP contribution in [0.4, 0.5) is 0 Å². The molecule has 1 aromatic carbocycles. The molecule has 19 heavy (non-hydrogen) atoms. The van der Waals surface area contributed by atoms with Gasteiger partial charge < -0.3 is 5.73 Å². The van der Waals surface area contributed by atoms with Crippen LogP contribution in [0.15, 0.2) is 24.3 Å². The van der Waals surface area contributed by atoms with Crippen molar-refractivity contribution in [3.8, 4) is 11.8 Å². The molecule has 0 spiro atoms. The monoisotopic (exact) mass is 254 g/mol. The third-order valence-corrected chi connectivity index (χ3v) is 3.27. The molecule has 0 saturated carbocycles. The highest BCUT2D eigenvalue weighted by atomic mass is 15.3. The van der Waals surface area contributed by atoms with E-state index in [1.807, 2.05) is 22.9 Å². The van der Waals surface area contributed by atoms with Gasteiger partial charge in [0.05, 0.1) is 23.0 Å². The predicted molar refractivity (Wildman–Crippen MR) is 74.9 cm³/mol. The van der Waals surface area contributed by atoms with E-state index in [1.54, 1.807) is 6.07 Å². The molecule has 1 heterocycles. The summed E-state index contributed by atoms with van der Waals surface area (Å²) >= 11 is 0. The summed E-state index contributed by atoms with van der Waals surface area (Å²) in [7, 11) is 0. The highest BCUT2D eigenvalue weighted by Crippen LogP contribution is 2.20. The molecule has 4 nitrogen and oxygen atoms in total. The second kappa shape index (κ2) is 5.68. The van der Waals surface area contributed by atoms with Crippen LogP contribution in [0.2, 0.25) is 0 Å². The molecular weight excluding hydrogens is 236 g/mol. The van der Waals surface area contributed by atoms with Crippen molar-refractivity contribution in [1.82, 2.24) is 9.78 Å². The van der Waals surface area contributed by atoms with Crippen molar-refractivity contribution in [2.45, 2.75) is 33.2 Å². The standard InChI is InChI=1S/C15H18N4/c1-3-14-13(10-17)15(4-2)19(18-14)12-7-5-6-11(8-12)9-16/h5-8H,3-4,10,17H2,1-2H3. The lowest BCUT2D eigenvalue weighted by Gasteiger charge is -2.07. The van der Waals surface area contributed by atoms with Gasteiger partial charge in [0.2, 0.25) is 0 Å². The summed E-state index contributed by atoms with van der Waals surface area (Å²) in [5.41, 5.74) is 10.7. The smallest absolute Gasteiger partial charge is 0.0992 e. The van der Waals surface area contributed by atoms with Crippen LogP contribution in [0.3, 0.4) is 0 Å². The first kappa shape index (κ1) is 13.3. The maximum absolute atomic E-state index is 8.99. The largest absolute Gasteiger partial charge is 0.326 e. The summed E-state index contributed by atoms with van der Waals surface area (Å²) in [4.78, 5) is 0. The van der Waals surface area contributed by atoms with Crippen LogP contribution >= 0.6 is 0 Å². The Labute approximate surface area is 113 Å². The summed E-state index contributed by atoms with van der Waals surface area (Å²) in [5.74, 6) is 0. The van der Waals surface area contributed by atoms with Crippen LogP contribution in [0.1, 0.15) is 36.4 Å². The van der Waals surface area contributed by atoms with Gasteiger partial charge in [0.25, 0.3) is 0 Å². The van der Waals surface area contributed by atoms with E-state index in [4.69, 9.17) is 11.0 Å². The molecule has 0 aliphatic carbocycles. The van der Waals surface area contributed by atoms with Gasteiger partial charge in [-0.3, -0.25) is 0 Å². The normalized spacial score (nSPS) is 10.4. The molecule has 0 unspecified atom stereocenters. The van der Waals surface area contributed by atoms with E-state index in [1.165, 1.54) is 0 Å². The third kappa shape index (κ3) is 2.38. The molecule has 0 saturated heterocycles. The molecule has 0 atom stereocenters. The van der Waals surface area contributed by atoms with Crippen LogP contribution in [0.25, 0.3) is 5.69 Å². The average Bonchev–Trinajstić information content (AvgIpc) is 2.84. The number of benzene rings is 1. The molecule has 2 N–H and O–H groups in total. The molecular formula is C15H18N4. The van der Waals surface area contributed by atoms with Crippen LogP contribution in [0, 0.1) is 11.3 Å². The number of nitrogens with zero attached hydrogens (tertiary/aromatic N) is 3. The van der Waals surface area contributed by atoms with Crippen molar-refractivity contribution in [1.29, 1.82) is 5.26 Å². The summed E-state index contributed by atoms with van der Waals surface area (Å²) in [6.45, 7) is 4.68. The Balaban J connectivity index is 2.61. The number of nitrogens with two attached hydrogens (primary N) is 1. The second-order valence-corrected chi connectivity index (χ2v) is 4.36. The van der Waals surface area contributed by atoms with Crippen molar-refractivity contribution < 1.29 is 0 Å². The number of aromatic nitrogens is 2. The lowest BCUT2D eigenvalue weighted by atomic mass is 10.1. The van der Waals surface area contributed by atoms with Crippen LogP contribution in [-0.4, -0.2) is 9.78 Å². The molecule has 0 radical (unpaired) electrons. The minimum Gasteiger partial charge on any atom is -0.326 e. The minimum absolute atomic E-state index is 0.504. The summed E-state index contributed by atoms with van der Waals surface area (Å²) < 4.78 is 1.92. The maximum Gasteiger partial charge on any atom is 0.0992 e. The molecule has 0 bridgehead atoms. The van der Waals surface area contributed by atoms with E-state index >= 15 is 0 Å². The van der Waals surface area contributed by atoms with Crippen molar-refractivity contribution in [3.05, 3.63) is 46.8 Å². The Morgan fingerprint density at radius 1 is 1.32 bits per heavy atom. The van der Waals surface area contributed by atoms with Crippen LogP contribution < -0.4 is 5.73 Å². The van der Waals surface area contributed by atoms with Gasteiger partial charge in [-0.05, 0) is 31.0 Å². The fourth-order valence-electron chi connectivity index (χ4n) is 2.34. The first-order chi connectivity index (χ1) is 9.24. The van der Waals surface area contributed by atoms with Gasteiger partial charge in [0.15, 0.2) is 0 Å². The zero-order chi connectivity index (χ0) is 13.8. The number of hydrogen-bond acceptors (Lipinski definition) is 3. The first-order valence-corrected chi connectivity index (χ1v) is 6.55. The van der Waals surface area contributed by atoms with Crippen molar-refractivity contribution in [2.24, 2.45) is 5.73 Å². The summed E-state index contributed by atoms with van der Waals surface area (Å²) in [6, 6.07) is 9.65. The third-order valence-electron chi connectivity index (χ3n) is 3.27. The molecule has 0 fully saturated rings. The molecule has 2 rings (SSSR count). The lowest BCUT2D eigenvalue weighted by Crippen LogP contribution is -2.05. The average molecular weight is 254 g/mol. The van der Waals surface area contributed by atoms with Gasteiger partial charge in [0, 0.05) is 17.8 Å².